The lowest BCUT2D eigenvalue weighted by Crippen LogP contribution is -2.35. The topological polar surface area (TPSA) is 34.4 Å². The highest BCUT2D eigenvalue weighted by molar-refractivity contribution is 5.82. The third-order valence-electron chi connectivity index (χ3n) is 4.08. The molecule has 1 aromatic carbocycles. The number of ether oxygens (including phenoxy) is 1. The average molecular weight is 287 g/mol. The van der Waals surface area contributed by atoms with Gasteiger partial charge in [-0.2, -0.15) is 0 Å². The van der Waals surface area contributed by atoms with E-state index in [1.165, 1.54) is 30.2 Å². The molecular weight excluding hydrogens is 262 g/mol. The predicted molar refractivity (Wildman–Crippen MR) is 85.2 cm³/mol. The normalized spacial score (nSPS) is 16.3. The second-order valence-corrected chi connectivity index (χ2v) is 6.97. The molecule has 21 heavy (non-hydrogen) atoms. The van der Waals surface area contributed by atoms with Gasteiger partial charge in [0, 0.05) is 16.5 Å². The molecule has 1 fully saturated rings. The molecule has 1 N–H and O–H groups in total. The van der Waals surface area contributed by atoms with Crippen LogP contribution < -0.4 is 5.32 Å². The van der Waals surface area contributed by atoms with Crippen molar-refractivity contribution in [2.75, 3.05) is 0 Å². The van der Waals surface area contributed by atoms with Crippen LogP contribution in [-0.4, -0.2) is 11.6 Å². The van der Waals surface area contributed by atoms with Gasteiger partial charge in [-0.1, -0.05) is 18.2 Å². The van der Waals surface area contributed by atoms with Crippen molar-refractivity contribution in [2.24, 2.45) is 0 Å². The number of fused-ring (bicyclic) bond motifs is 1. The Bertz CT molecular complexity index is 605. The molecule has 1 aliphatic rings. The van der Waals surface area contributed by atoms with Crippen molar-refractivity contribution in [1.82, 2.24) is 5.32 Å². The number of rotatable bonds is 5. The molecule has 114 valence electrons. The highest BCUT2D eigenvalue weighted by Gasteiger charge is 2.21. The van der Waals surface area contributed by atoms with E-state index in [0.29, 0.717) is 12.7 Å². The molecule has 1 aliphatic carbocycles. The summed E-state index contributed by atoms with van der Waals surface area (Å²) >= 11 is 0. The van der Waals surface area contributed by atoms with Crippen LogP contribution in [0.4, 0.5) is 0 Å². The lowest BCUT2D eigenvalue weighted by atomic mass is 9.96. The minimum atomic E-state index is 0.0745. The zero-order valence-electron chi connectivity index (χ0n) is 13.2. The zero-order valence-corrected chi connectivity index (χ0v) is 13.2. The molecule has 3 heteroatoms. The van der Waals surface area contributed by atoms with Crippen LogP contribution in [0.2, 0.25) is 0 Å². The van der Waals surface area contributed by atoms with E-state index < -0.39 is 0 Å². The Hall–Kier alpha value is -1.32. The van der Waals surface area contributed by atoms with Crippen molar-refractivity contribution >= 4 is 11.0 Å². The molecular formula is C18H25NO2. The lowest BCUT2D eigenvalue weighted by Gasteiger charge is -2.25. The van der Waals surface area contributed by atoms with E-state index in [4.69, 9.17) is 9.15 Å². The smallest absolute Gasteiger partial charge is 0.134 e. The van der Waals surface area contributed by atoms with Gasteiger partial charge in [0.15, 0.2) is 0 Å². The minimum Gasteiger partial charge on any atom is -0.459 e. The van der Waals surface area contributed by atoms with Crippen molar-refractivity contribution in [3.8, 4) is 0 Å². The number of benzene rings is 1. The maximum atomic E-state index is 6.04. The molecule has 1 saturated carbocycles. The maximum Gasteiger partial charge on any atom is 0.134 e. The Morgan fingerprint density at radius 1 is 1.24 bits per heavy atom. The maximum absolute atomic E-state index is 6.04. The third-order valence-corrected chi connectivity index (χ3v) is 4.08. The van der Waals surface area contributed by atoms with Gasteiger partial charge in [0.05, 0.1) is 19.3 Å². The van der Waals surface area contributed by atoms with Gasteiger partial charge in [-0.15, -0.1) is 0 Å². The van der Waals surface area contributed by atoms with E-state index in [-0.39, 0.29) is 5.54 Å². The zero-order chi connectivity index (χ0) is 14.9. The number of furan rings is 1. The summed E-state index contributed by atoms with van der Waals surface area (Å²) in [6.45, 7) is 7.89. The summed E-state index contributed by atoms with van der Waals surface area (Å²) < 4.78 is 12.1. The van der Waals surface area contributed by atoms with Gasteiger partial charge in [0.2, 0.25) is 0 Å². The largest absolute Gasteiger partial charge is 0.459 e. The summed E-state index contributed by atoms with van der Waals surface area (Å²) in [5, 5.41) is 4.69. The fraction of sp³-hybridized carbons (Fsp3) is 0.556. The SMILES string of the molecule is CC(C)(C)NCc1oc2ccccc2c1COC1CCC1. The first kappa shape index (κ1) is 14.6. The molecule has 0 radical (unpaired) electrons. The van der Waals surface area contributed by atoms with Crippen LogP contribution in [0, 0.1) is 0 Å². The van der Waals surface area contributed by atoms with Crippen LogP contribution in [0.5, 0.6) is 0 Å². The fourth-order valence-corrected chi connectivity index (χ4v) is 2.53. The molecule has 1 heterocycles. The summed E-state index contributed by atoms with van der Waals surface area (Å²) in [5.41, 5.74) is 2.23. The van der Waals surface area contributed by atoms with Crippen LogP contribution in [-0.2, 0) is 17.9 Å². The van der Waals surface area contributed by atoms with Gasteiger partial charge < -0.3 is 14.5 Å². The van der Waals surface area contributed by atoms with Gasteiger partial charge in [-0.25, -0.2) is 0 Å². The quantitative estimate of drug-likeness (QED) is 0.885. The van der Waals surface area contributed by atoms with Crippen LogP contribution in [0.1, 0.15) is 51.4 Å². The third kappa shape index (κ3) is 3.47. The number of para-hydroxylation sites is 1. The Morgan fingerprint density at radius 3 is 2.67 bits per heavy atom. The molecule has 3 nitrogen and oxygen atoms in total. The summed E-state index contributed by atoms with van der Waals surface area (Å²) in [6.07, 6.45) is 4.15. The Morgan fingerprint density at radius 2 is 2.00 bits per heavy atom. The Labute approximate surface area is 126 Å². The van der Waals surface area contributed by atoms with Gasteiger partial charge >= 0.3 is 0 Å². The summed E-state index contributed by atoms with van der Waals surface area (Å²) in [5.74, 6) is 1.01. The second-order valence-electron chi connectivity index (χ2n) is 6.97. The van der Waals surface area contributed by atoms with Crippen LogP contribution in [0.3, 0.4) is 0 Å². The van der Waals surface area contributed by atoms with E-state index in [1.54, 1.807) is 0 Å². The Balaban J connectivity index is 1.82. The summed E-state index contributed by atoms with van der Waals surface area (Å²) in [7, 11) is 0. The van der Waals surface area contributed by atoms with E-state index in [9.17, 15) is 0 Å². The fourth-order valence-electron chi connectivity index (χ4n) is 2.53. The molecule has 1 aromatic heterocycles. The van der Waals surface area contributed by atoms with E-state index in [2.05, 4.69) is 38.2 Å². The first-order valence-electron chi connectivity index (χ1n) is 7.89. The molecule has 2 aromatic rings. The van der Waals surface area contributed by atoms with E-state index in [0.717, 1.165) is 17.9 Å². The standard InChI is InChI=1S/C18H25NO2/c1-18(2,3)19-11-17-15(12-20-13-7-6-8-13)14-9-4-5-10-16(14)21-17/h4-5,9-10,13,19H,6-8,11-12H2,1-3H3. The minimum absolute atomic E-state index is 0.0745. The van der Waals surface area contributed by atoms with Gasteiger partial charge in [0.25, 0.3) is 0 Å². The molecule has 0 unspecified atom stereocenters. The van der Waals surface area contributed by atoms with Crippen molar-refractivity contribution in [2.45, 2.75) is 64.8 Å². The van der Waals surface area contributed by atoms with Crippen molar-refractivity contribution in [3.63, 3.8) is 0 Å². The highest BCUT2D eigenvalue weighted by Crippen LogP contribution is 2.29. The second kappa shape index (κ2) is 5.82. The number of hydrogen-bond acceptors (Lipinski definition) is 3. The first-order valence-corrected chi connectivity index (χ1v) is 7.89. The van der Waals surface area contributed by atoms with Crippen molar-refractivity contribution < 1.29 is 9.15 Å². The first-order chi connectivity index (χ1) is 10.0. The predicted octanol–water partition coefficient (Wildman–Crippen LogP) is 4.39. The van der Waals surface area contributed by atoms with Gasteiger partial charge in [-0.05, 0) is 46.1 Å². The lowest BCUT2D eigenvalue weighted by molar-refractivity contribution is -0.00884. The molecule has 0 atom stereocenters. The van der Waals surface area contributed by atoms with Crippen molar-refractivity contribution in [1.29, 1.82) is 0 Å². The van der Waals surface area contributed by atoms with E-state index in [1.807, 2.05) is 12.1 Å². The summed E-state index contributed by atoms with van der Waals surface area (Å²) in [4.78, 5) is 0. The van der Waals surface area contributed by atoms with Gasteiger partial charge in [0.1, 0.15) is 11.3 Å². The average Bonchev–Trinajstić information content (AvgIpc) is 2.72. The van der Waals surface area contributed by atoms with Crippen LogP contribution >= 0.6 is 0 Å². The van der Waals surface area contributed by atoms with E-state index >= 15 is 0 Å². The molecule has 0 amide bonds. The Kier molecular flexibility index (Phi) is 4.05. The monoisotopic (exact) mass is 287 g/mol. The summed E-state index contributed by atoms with van der Waals surface area (Å²) in [6, 6.07) is 8.23. The number of hydrogen-bond donors (Lipinski definition) is 1. The number of nitrogens with one attached hydrogen (secondary N) is 1. The molecule has 3 rings (SSSR count). The molecule has 0 saturated heterocycles. The molecule has 0 bridgehead atoms. The van der Waals surface area contributed by atoms with Crippen LogP contribution in [0.15, 0.2) is 28.7 Å². The van der Waals surface area contributed by atoms with Crippen LogP contribution in [0.25, 0.3) is 11.0 Å². The van der Waals surface area contributed by atoms with Crippen molar-refractivity contribution in [3.05, 3.63) is 35.6 Å². The van der Waals surface area contributed by atoms with Gasteiger partial charge in [-0.3, -0.25) is 0 Å². The molecule has 0 aliphatic heterocycles. The molecule has 0 spiro atoms. The highest BCUT2D eigenvalue weighted by atomic mass is 16.5.